The molecule has 2 saturated heterocycles. The Morgan fingerprint density at radius 1 is 0.941 bits per heavy atom. The van der Waals surface area contributed by atoms with Gasteiger partial charge in [0.25, 0.3) is 5.91 Å². The van der Waals surface area contributed by atoms with Crippen molar-refractivity contribution in [2.75, 3.05) is 36.4 Å². The van der Waals surface area contributed by atoms with Crippen molar-refractivity contribution in [3.05, 3.63) is 53.3 Å². The lowest BCUT2D eigenvalue weighted by Crippen LogP contribution is -2.39. The van der Waals surface area contributed by atoms with Crippen LogP contribution in [0.3, 0.4) is 0 Å². The molecule has 0 radical (unpaired) electrons. The van der Waals surface area contributed by atoms with Gasteiger partial charge in [-0.05, 0) is 86.4 Å². The molecule has 0 aromatic heterocycles. The van der Waals surface area contributed by atoms with Gasteiger partial charge in [0.1, 0.15) is 10.7 Å². The predicted octanol–water partition coefficient (Wildman–Crippen LogP) is 5.04. The Labute approximate surface area is 202 Å². The van der Waals surface area contributed by atoms with Gasteiger partial charge in [0.2, 0.25) is 10.0 Å². The number of nitrogens with one attached hydrogen (secondary N) is 1. The average molecular weight is 488 g/mol. The van der Waals surface area contributed by atoms with Gasteiger partial charge in [-0.3, -0.25) is 4.79 Å². The first-order chi connectivity index (χ1) is 16.1. The maximum absolute atomic E-state index is 13.8. The van der Waals surface area contributed by atoms with Crippen LogP contribution in [-0.4, -0.2) is 44.8 Å². The van der Waals surface area contributed by atoms with Crippen molar-refractivity contribution in [1.82, 2.24) is 4.31 Å². The number of sulfonamides is 1. The van der Waals surface area contributed by atoms with Crippen molar-refractivity contribution >= 4 is 27.3 Å². The summed E-state index contributed by atoms with van der Waals surface area (Å²) in [6.07, 6.45) is 3.68. The van der Waals surface area contributed by atoms with E-state index in [1.54, 1.807) is 23.4 Å². The van der Waals surface area contributed by atoms with Crippen LogP contribution in [-0.2, 0) is 10.0 Å². The molecule has 6 nitrogen and oxygen atoms in total. The van der Waals surface area contributed by atoms with E-state index in [-0.39, 0.29) is 16.3 Å². The zero-order chi connectivity index (χ0) is 24.5. The smallest absolute Gasteiger partial charge is 0.255 e. The molecule has 0 unspecified atom stereocenters. The number of piperidine rings is 2. The van der Waals surface area contributed by atoms with Crippen LogP contribution in [0.4, 0.5) is 15.8 Å². The number of anilines is 2. The lowest BCUT2D eigenvalue weighted by molar-refractivity contribution is 0.102. The molecule has 2 aliphatic rings. The molecule has 4 rings (SSSR count). The number of hydrogen-bond acceptors (Lipinski definition) is 4. The second-order valence-electron chi connectivity index (χ2n) is 9.85. The van der Waals surface area contributed by atoms with Crippen LogP contribution in [0.5, 0.6) is 0 Å². The molecule has 2 aliphatic heterocycles. The van der Waals surface area contributed by atoms with Gasteiger partial charge in [0.05, 0.1) is 5.69 Å². The number of aryl methyl sites for hydroxylation is 1. The van der Waals surface area contributed by atoms with Crippen LogP contribution < -0.4 is 10.2 Å². The van der Waals surface area contributed by atoms with Gasteiger partial charge in [-0.2, -0.15) is 4.31 Å². The normalized spacial score (nSPS) is 18.8. The molecular formula is C26H34FN3O3S. The van der Waals surface area contributed by atoms with E-state index >= 15 is 0 Å². The van der Waals surface area contributed by atoms with Crippen molar-refractivity contribution in [2.45, 2.75) is 51.3 Å². The Kier molecular flexibility index (Phi) is 7.28. The zero-order valence-corrected chi connectivity index (χ0v) is 21.0. The van der Waals surface area contributed by atoms with Crippen LogP contribution in [0, 0.1) is 24.6 Å². The van der Waals surface area contributed by atoms with Crippen LogP contribution in [0.25, 0.3) is 0 Å². The summed E-state index contributed by atoms with van der Waals surface area (Å²) in [5.41, 5.74) is 2.03. The maximum Gasteiger partial charge on any atom is 0.255 e. The number of hydrogen-bond donors (Lipinski definition) is 1. The van der Waals surface area contributed by atoms with Crippen molar-refractivity contribution in [3.8, 4) is 0 Å². The van der Waals surface area contributed by atoms with E-state index < -0.39 is 15.9 Å². The second kappa shape index (κ2) is 10.0. The molecule has 1 N–H and O–H groups in total. The molecular weight excluding hydrogens is 453 g/mol. The van der Waals surface area contributed by atoms with Crippen molar-refractivity contribution in [2.24, 2.45) is 11.8 Å². The Bertz CT molecular complexity index is 1150. The van der Waals surface area contributed by atoms with Gasteiger partial charge in [-0.25, -0.2) is 12.8 Å². The predicted molar refractivity (Wildman–Crippen MR) is 133 cm³/mol. The Balaban J connectivity index is 1.69. The van der Waals surface area contributed by atoms with Gasteiger partial charge in [-0.15, -0.1) is 0 Å². The summed E-state index contributed by atoms with van der Waals surface area (Å²) in [6.45, 7) is 8.65. The summed E-state index contributed by atoms with van der Waals surface area (Å²) in [6, 6.07) is 9.10. The number of rotatable bonds is 5. The van der Waals surface area contributed by atoms with E-state index in [1.165, 1.54) is 24.3 Å². The zero-order valence-electron chi connectivity index (χ0n) is 20.2. The quantitative estimate of drug-likeness (QED) is 0.641. The van der Waals surface area contributed by atoms with Crippen molar-refractivity contribution < 1.29 is 17.6 Å². The summed E-state index contributed by atoms with van der Waals surface area (Å²) in [5.74, 6) is 0.326. The fraction of sp³-hybridized carbons (Fsp3) is 0.500. The minimum Gasteiger partial charge on any atom is -0.370 e. The van der Waals surface area contributed by atoms with Gasteiger partial charge in [-0.1, -0.05) is 13.8 Å². The standard InChI is InChI=1S/C26H34FN3O3S/c1-18-8-12-29(13-9-18)24-7-4-21(26(31)28-23-6-5-22(27)16-20(23)3)17-25(24)34(32,33)30-14-10-19(2)11-15-30/h4-7,16-19H,8-15H2,1-3H3,(H,28,31). The third kappa shape index (κ3) is 5.28. The number of carbonyl (C=O) groups excluding carboxylic acids is 1. The lowest BCUT2D eigenvalue weighted by atomic mass is 9.98. The maximum atomic E-state index is 13.8. The van der Waals surface area contributed by atoms with E-state index in [9.17, 15) is 17.6 Å². The first-order valence-electron chi connectivity index (χ1n) is 12.1. The molecule has 2 heterocycles. The third-order valence-corrected chi connectivity index (χ3v) is 9.07. The monoisotopic (exact) mass is 487 g/mol. The third-order valence-electron chi connectivity index (χ3n) is 7.14. The number of halogens is 1. The molecule has 0 spiro atoms. The molecule has 34 heavy (non-hydrogen) atoms. The van der Waals surface area contributed by atoms with Gasteiger partial charge in [0, 0.05) is 37.4 Å². The van der Waals surface area contributed by atoms with Gasteiger partial charge >= 0.3 is 0 Å². The summed E-state index contributed by atoms with van der Waals surface area (Å²) < 4.78 is 42.6. The first kappa shape index (κ1) is 24.7. The molecule has 0 aliphatic carbocycles. The SMILES string of the molecule is Cc1cc(F)ccc1NC(=O)c1ccc(N2CCC(C)CC2)c(S(=O)(=O)N2CCC(C)CC2)c1. The highest BCUT2D eigenvalue weighted by Gasteiger charge is 2.32. The number of amides is 1. The van der Waals surface area contributed by atoms with Gasteiger partial charge in [0.15, 0.2) is 0 Å². The van der Waals surface area contributed by atoms with Crippen molar-refractivity contribution in [1.29, 1.82) is 0 Å². The molecule has 0 atom stereocenters. The first-order valence-corrected chi connectivity index (χ1v) is 13.6. The molecule has 0 bridgehead atoms. The Hall–Kier alpha value is -2.45. The second-order valence-corrected chi connectivity index (χ2v) is 11.8. The van der Waals surface area contributed by atoms with Gasteiger partial charge < -0.3 is 10.2 Å². The van der Waals surface area contributed by atoms with E-state index in [1.807, 2.05) is 0 Å². The summed E-state index contributed by atoms with van der Waals surface area (Å²) in [4.78, 5) is 15.4. The van der Waals surface area contributed by atoms with E-state index in [0.29, 0.717) is 41.9 Å². The van der Waals surface area contributed by atoms with Crippen LogP contribution in [0.1, 0.15) is 55.5 Å². The molecule has 1 amide bonds. The fourth-order valence-corrected chi connectivity index (χ4v) is 6.41. The number of carbonyl (C=O) groups is 1. The van der Waals surface area contributed by atoms with E-state index in [4.69, 9.17) is 0 Å². The Morgan fingerprint density at radius 2 is 1.56 bits per heavy atom. The number of benzene rings is 2. The highest BCUT2D eigenvalue weighted by Crippen LogP contribution is 2.34. The van der Waals surface area contributed by atoms with E-state index in [2.05, 4.69) is 24.1 Å². The molecule has 2 aromatic carbocycles. The highest BCUT2D eigenvalue weighted by atomic mass is 32.2. The van der Waals surface area contributed by atoms with Crippen molar-refractivity contribution in [3.63, 3.8) is 0 Å². The molecule has 0 saturated carbocycles. The number of nitrogens with zero attached hydrogens (tertiary/aromatic N) is 2. The largest absolute Gasteiger partial charge is 0.370 e. The van der Waals surface area contributed by atoms with E-state index in [0.717, 1.165) is 38.8 Å². The van der Waals surface area contributed by atoms with Crippen LogP contribution >= 0.6 is 0 Å². The average Bonchev–Trinajstić information content (AvgIpc) is 2.81. The Morgan fingerprint density at radius 3 is 2.18 bits per heavy atom. The summed E-state index contributed by atoms with van der Waals surface area (Å²) in [7, 11) is -3.76. The molecule has 2 aromatic rings. The molecule has 184 valence electrons. The molecule has 8 heteroatoms. The topological polar surface area (TPSA) is 69.7 Å². The fourth-order valence-electron chi connectivity index (χ4n) is 4.70. The highest BCUT2D eigenvalue weighted by molar-refractivity contribution is 7.89. The summed E-state index contributed by atoms with van der Waals surface area (Å²) >= 11 is 0. The minimum absolute atomic E-state index is 0.195. The minimum atomic E-state index is -3.76. The van der Waals surface area contributed by atoms with Crippen LogP contribution in [0.2, 0.25) is 0 Å². The summed E-state index contributed by atoms with van der Waals surface area (Å²) in [5, 5.41) is 2.79. The van der Waals surface area contributed by atoms with Crippen LogP contribution in [0.15, 0.2) is 41.3 Å². The lowest BCUT2D eigenvalue weighted by Gasteiger charge is -2.35. The molecule has 2 fully saturated rings.